The Balaban J connectivity index is 1.91. The van der Waals surface area contributed by atoms with Crippen LogP contribution in [0.15, 0.2) is 65.1 Å². The van der Waals surface area contributed by atoms with Crippen LogP contribution in [0.4, 0.5) is 5.69 Å². The van der Waals surface area contributed by atoms with E-state index in [9.17, 15) is 9.59 Å². The highest BCUT2D eigenvalue weighted by Gasteiger charge is 2.36. The van der Waals surface area contributed by atoms with Gasteiger partial charge in [0.25, 0.3) is 11.8 Å². The van der Waals surface area contributed by atoms with Gasteiger partial charge in [-0.25, -0.2) is 0 Å². The number of carbonyl (C=O) groups excluding carboxylic acids is 2. The predicted molar refractivity (Wildman–Crippen MR) is 119 cm³/mol. The SMILES string of the molecule is CC(C)(C=C1C(=O)NC(=S)N(c2ccc(Cl)cc2)C1=O)Sc1ccc(Cl)cc1. The molecule has 1 saturated heterocycles. The van der Waals surface area contributed by atoms with Gasteiger partial charge in [0, 0.05) is 19.7 Å². The van der Waals surface area contributed by atoms with Gasteiger partial charge in [-0.2, -0.15) is 0 Å². The molecule has 0 unspecified atom stereocenters. The van der Waals surface area contributed by atoms with Gasteiger partial charge in [-0.15, -0.1) is 11.8 Å². The van der Waals surface area contributed by atoms with Crippen LogP contribution in [0.25, 0.3) is 0 Å². The van der Waals surface area contributed by atoms with E-state index in [-0.39, 0.29) is 10.7 Å². The normalized spacial score (nSPS) is 16.5. The fraction of sp³-hybridized carbons (Fsp3) is 0.150. The number of nitrogens with zero attached hydrogens (tertiary/aromatic N) is 1. The van der Waals surface area contributed by atoms with Crippen molar-refractivity contribution < 1.29 is 9.59 Å². The summed E-state index contributed by atoms with van der Waals surface area (Å²) in [7, 11) is 0. The van der Waals surface area contributed by atoms with Crippen LogP contribution >= 0.6 is 47.2 Å². The number of carbonyl (C=O) groups is 2. The van der Waals surface area contributed by atoms with E-state index in [1.54, 1.807) is 42.5 Å². The largest absolute Gasteiger partial charge is 0.298 e. The van der Waals surface area contributed by atoms with Gasteiger partial charge in [-0.05, 0) is 74.6 Å². The van der Waals surface area contributed by atoms with Gasteiger partial charge in [-0.3, -0.25) is 19.8 Å². The Morgan fingerprint density at radius 1 is 1.00 bits per heavy atom. The monoisotopic (exact) mass is 450 g/mol. The first kappa shape index (κ1) is 20.9. The molecule has 0 atom stereocenters. The number of halogens is 2. The van der Waals surface area contributed by atoms with E-state index in [0.29, 0.717) is 15.7 Å². The minimum atomic E-state index is -0.527. The third-order valence-corrected chi connectivity index (χ3v) is 5.81. The summed E-state index contributed by atoms with van der Waals surface area (Å²) < 4.78 is -0.527. The Morgan fingerprint density at radius 2 is 1.54 bits per heavy atom. The molecule has 2 amide bonds. The van der Waals surface area contributed by atoms with Crippen molar-refractivity contribution in [1.82, 2.24) is 5.32 Å². The Bertz CT molecular complexity index is 971. The van der Waals surface area contributed by atoms with Crippen molar-refractivity contribution in [3.05, 3.63) is 70.2 Å². The van der Waals surface area contributed by atoms with Gasteiger partial charge in [0.05, 0.1) is 5.69 Å². The third-order valence-electron chi connectivity index (χ3n) is 3.87. The lowest BCUT2D eigenvalue weighted by Gasteiger charge is -2.30. The Hall–Kier alpha value is -1.86. The maximum atomic E-state index is 13.1. The average Bonchev–Trinajstić information content (AvgIpc) is 2.62. The maximum absolute atomic E-state index is 13.1. The number of thiocarbonyl (C=S) groups is 1. The lowest BCUT2D eigenvalue weighted by molar-refractivity contribution is -0.122. The molecule has 1 aliphatic rings. The van der Waals surface area contributed by atoms with Gasteiger partial charge >= 0.3 is 0 Å². The van der Waals surface area contributed by atoms with Crippen molar-refractivity contribution in [2.75, 3.05) is 4.90 Å². The molecule has 1 aliphatic heterocycles. The van der Waals surface area contributed by atoms with Crippen molar-refractivity contribution in [2.45, 2.75) is 23.5 Å². The molecule has 8 heteroatoms. The third kappa shape index (κ3) is 4.75. The first-order chi connectivity index (χ1) is 13.2. The first-order valence-corrected chi connectivity index (χ1v) is 10.3. The number of thioether (sulfide) groups is 1. The molecule has 28 heavy (non-hydrogen) atoms. The average molecular weight is 451 g/mol. The molecule has 2 aromatic rings. The zero-order chi connectivity index (χ0) is 20.5. The van der Waals surface area contributed by atoms with Gasteiger partial charge in [0.15, 0.2) is 5.11 Å². The number of amides is 2. The van der Waals surface area contributed by atoms with E-state index in [1.165, 1.54) is 16.7 Å². The summed E-state index contributed by atoms with van der Waals surface area (Å²) in [6.07, 6.45) is 1.66. The predicted octanol–water partition coefficient (Wildman–Crippen LogP) is 5.24. The van der Waals surface area contributed by atoms with E-state index in [1.807, 2.05) is 26.0 Å². The Labute approximate surface area is 182 Å². The summed E-state index contributed by atoms with van der Waals surface area (Å²) >= 11 is 18.6. The Morgan fingerprint density at radius 3 is 2.11 bits per heavy atom. The minimum absolute atomic E-state index is 0.0370. The van der Waals surface area contributed by atoms with Gasteiger partial charge in [-0.1, -0.05) is 29.3 Å². The van der Waals surface area contributed by atoms with Crippen LogP contribution in [0.2, 0.25) is 10.0 Å². The van der Waals surface area contributed by atoms with E-state index in [0.717, 1.165) is 4.90 Å². The second kappa shape index (κ2) is 8.25. The zero-order valence-electron chi connectivity index (χ0n) is 15.0. The number of hydrogen-bond acceptors (Lipinski definition) is 4. The molecule has 0 spiro atoms. The van der Waals surface area contributed by atoms with Gasteiger partial charge in [0.2, 0.25) is 0 Å². The number of rotatable bonds is 4. The summed E-state index contributed by atoms with van der Waals surface area (Å²) in [5.41, 5.74) is 0.573. The molecule has 1 N–H and O–H groups in total. The van der Waals surface area contributed by atoms with Crippen LogP contribution in [-0.4, -0.2) is 21.7 Å². The number of benzene rings is 2. The van der Waals surface area contributed by atoms with E-state index >= 15 is 0 Å². The van der Waals surface area contributed by atoms with Crippen LogP contribution in [0.1, 0.15) is 13.8 Å². The van der Waals surface area contributed by atoms with Crippen LogP contribution in [0.5, 0.6) is 0 Å². The molecular formula is C20H16Cl2N2O2S2. The molecule has 4 nitrogen and oxygen atoms in total. The summed E-state index contributed by atoms with van der Waals surface area (Å²) in [5, 5.41) is 3.81. The maximum Gasteiger partial charge on any atom is 0.269 e. The molecule has 144 valence electrons. The lowest BCUT2D eigenvalue weighted by atomic mass is 10.0. The minimum Gasteiger partial charge on any atom is -0.298 e. The molecule has 1 fully saturated rings. The summed E-state index contributed by atoms with van der Waals surface area (Å²) in [4.78, 5) is 27.8. The van der Waals surface area contributed by atoms with Crippen molar-refractivity contribution in [1.29, 1.82) is 0 Å². The fourth-order valence-corrected chi connectivity index (χ4v) is 4.25. The number of hydrogen-bond donors (Lipinski definition) is 1. The quantitative estimate of drug-likeness (QED) is 0.299. The molecule has 2 aromatic carbocycles. The summed E-state index contributed by atoms with van der Waals surface area (Å²) in [5.74, 6) is -0.981. The molecule has 0 saturated carbocycles. The fourth-order valence-electron chi connectivity index (χ4n) is 2.67. The highest BCUT2D eigenvalue weighted by molar-refractivity contribution is 8.00. The van der Waals surface area contributed by atoms with Gasteiger partial charge < -0.3 is 0 Å². The zero-order valence-corrected chi connectivity index (χ0v) is 18.2. The van der Waals surface area contributed by atoms with Crippen molar-refractivity contribution in [3.8, 4) is 0 Å². The van der Waals surface area contributed by atoms with Crippen molar-refractivity contribution in [2.24, 2.45) is 0 Å². The van der Waals surface area contributed by atoms with E-state index < -0.39 is 16.6 Å². The molecular weight excluding hydrogens is 435 g/mol. The van der Waals surface area contributed by atoms with E-state index in [2.05, 4.69) is 5.32 Å². The highest BCUT2D eigenvalue weighted by Crippen LogP contribution is 2.35. The molecule has 0 aromatic heterocycles. The topological polar surface area (TPSA) is 49.4 Å². The lowest BCUT2D eigenvalue weighted by Crippen LogP contribution is -2.54. The van der Waals surface area contributed by atoms with E-state index in [4.69, 9.17) is 35.4 Å². The summed E-state index contributed by atoms with van der Waals surface area (Å²) in [6, 6.07) is 14.1. The standard InChI is InChI=1S/C20H16Cl2N2O2S2/c1-20(2,28-15-9-5-13(22)6-10-15)11-16-17(25)23-19(27)24(18(16)26)14-7-3-12(21)4-8-14/h3-11H,1-2H3,(H,23,25,27). The molecule has 0 aliphatic carbocycles. The smallest absolute Gasteiger partial charge is 0.269 e. The van der Waals surface area contributed by atoms with Crippen LogP contribution in [0, 0.1) is 0 Å². The number of nitrogens with one attached hydrogen (secondary N) is 1. The molecule has 0 radical (unpaired) electrons. The van der Waals surface area contributed by atoms with Crippen molar-refractivity contribution >= 4 is 69.8 Å². The molecule has 0 bridgehead atoms. The second-order valence-corrected chi connectivity index (χ2v) is 9.58. The molecule has 1 heterocycles. The van der Waals surface area contributed by atoms with Gasteiger partial charge in [0.1, 0.15) is 5.57 Å². The van der Waals surface area contributed by atoms with Crippen LogP contribution in [-0.2, 0) is 9.59 Å². The molecule has 3 rings (SSSR count). The first-order valence-electron chi connectivity index (χ1n) is 8.29. The van der Waals surface area contributed by atoms with Crippen LogP contribution in [0.3, 0.4) is 0 Å². The van der Waals surface area contributed by atoms with Crippen LogP contribution < -0.4 is 10.2 Å². The van der Waals surface area contributed by atoms with Crippen molar-refractivity contribution in [3.63, 3.8) is 0 Å². The Kier molecular flexibility index (Phi) is 6.15. The number of anilines is 1. The second-order valence-electron chi connectivity index (χ2n) is 6.59. The highest BCUT2D eigenvalue weighted by atomic mass is 35.5. The summed E-state index contributed by atoms with van der Waals surface area (Å²) in [6.45, 7) is 3.86.